The molecule has 9 heteroatoms. The van der Waals surface area contributed by atoms with Gasteiger partial charge in [0, 0.05) is 25.3 Å². The molecule has 1 aromatic rings. The molecule has 2 aliphatic rings. The van der Waals surface area contributed by atoms with Crippen LogP contribution >= 0.6 is 0 Å². The van der Waals surface area contributed by atoms with Crippen molar-refractivity contribution in [2.75, 3.05) is 50.1 Å². The predicted molar refractivity (Wildman–Crippen MR) is 101 cm³/mol. The SMILES string of the molecule is COC(=O)C1=C(Nc2ccc(N3CCCC3)c(C(=O)O)c2)C(=O)N(CCO)C1. The predicted octanol–water partition coefficient (Wildman–Crippen LogP) is 0.658. The van der Waals surface area contributed by atoms with Gasteiger partial charge in [0.25, 0.3) is 5.91 Å². The van der Waals surface area contributed by atoms with E-state index in [-0.39, 0.29) is 36.5 Å². The van der Waals surface area contributed by atoms with E-state index in [1.807, 2.05) is 4.90 Å². The Morgan fingerprint density at radius 2 is 1.96 bits per heavy atom. The van der Waals surface area contributed by atoms with Gasteiger partial charge in [-0.3, -0.25) is 4.79 Å². The summed E-state index contributed by atoms with van der Waals surface area (Å²) in [7, 11) is 1.22. The third-order valence-electron chi connectivity index (χ3n) is 4.90. The molecule has 0 spiro atoms. The van der Waals surface area contributed by atoms with E-state index in [1.165, 1.54) is 18.1 Å². The number of β-amino-alcohol motifs (C(OH)–C–C–N with tert-alkyl or cyclic N) is 1. The average Bonchev–Trinajstić information content (AvgIpc) is 3.32. The second-order valence-electron chi connectivity index (χ2n) is 6.65. The number of aromatic carboxylic acids is 1. The Labute approximate surface area is 162 Å². The quantitative estimate of drug-likeness (QED) is 0.582. The number of aliphatic hydroxyl groups excluding tert-OH is 1. The number of amides is 1. The normalized spacial score (nSPS) is 16.7. The van der Waals surface area contributed by atoms with Crippen molar-refractivity contribution in [3.8, 4) is 0 Å². The summed E-state index contributed by atoms with van der Waals surface area (Å²) in [5.74, 6) is -2.16. The number of hydrogen-bond donors (Lipinski definition) is 3. The van der Waals surface area contributed by atoms with Crippen LogP contribution in [0.1, 0.15) is 23.2 Å². The highest BCUT2D eigenvalue weighted by Gasteiger charge is 2.34. The molecule has 9 nitrogen and oxygen atoms in total. The van der Waals surface area contributed by atoms with Crippen LogP contribution in [0.5, 0.6) is 0 Å². The number of methoxy groups -OCH3 is 1. The lowest BCUT2D eigenvalue weighted by molar-refractivity contribution is -0.136. The fourth-order valence-electron chi connectivity index (χ4n) is 3.51. The number of nitrogens with zero attached hydrogens (tertiary/aromatic N) is 2. The zero-order valence-corrected chi connectivity index (χ0v) is 15.6. The summed E-state index contributed by atoms with van der Waals surface area (Å²) in [6.07, 6.45) is 2.03. The highest BCUT2D eigenvalue weighted by Crippen LogP contribution is 2.29. The van der Waals surface area contributed by atoms with E-state index < -0.39 is 17.8 Å². The van der Waals surface area contributed by atoms with Crippen molar-refractivity contribution in [3.63, 3.8) is 0 Å². The van der Waals surface area contributed by atoms with Crippen LogP contribution < -0.4 is 10.2 Å². The monoisotopic (exact) mass is 389 g/mol. The van der Waals surface area contributed by atoms with E-state index in [2.05, 4.69) is 5.32 Å². The fraction of sp³-hybridized carbons (Fsp3) is 0.421. The van der Waals surface area contributed by atoms with E-state index >= 15 is 0 Å². The third kappa shape index (κ3) is 3.79. The smallest absolute Gasteiger partial charge is 0.337 e. The molecule has 3 N–H and O–H groups in total. The van der Waals surface area contributed by atoms with Gasteiger partial charge in [0.05, 0.1) is 37.1 Å². The van der Waals surface area contributed by atoms with E-state index in [4.69, 9.17) is 9.84 Å². The summed E-state index contributed by atoms with van der Waals surface area (Å²) in [4.78, 5) is 39.7. The zero-order valence-electron chi connectivity index (χ0n) is 15.6. The molecule has 2 heterocycles. The molecule has 28 heavy (non-hydrogen) atoms. The Bertz CT molecular complexity index is 829. The number of carboxylic acid groups (broad SMARTS) is 1. The van der Waals surface area contributed by atoms with Gasteiger partial charge < -0.3 is 30.1 Å². The first-order valence-electron chi connectivity index (χ1n) is 9.07. The van der Waals surface area contributed by atoms with Crippen molar-refractivity contribution < 1.29 is 29.3 Å². The van der Waals surface area contributed by atoms with Crippen LogP contribution in [-0.4, -0.2) is 72.9 Å². The number of rotatable bonds is 7. The molecule has 1 amide bonds. The molecule has 150 valence electrons. The van der Waals surface area contributed by atoms with Gasteiger partial charge in [-0.2, -0.15) is 0 Å². The molecule has 0 atom stereocenters. The van der Waals surface area contributed by atoms with E-state index in [0.29, 0.717) is 11.4 Å². The number of anilines is 2. The molecule has 1 aromatic carbocycles. The van der Waals surface area contributed by atoms with Crippen LogP contribution in [0.4, 0.5) is 11.4 Å². The van der Waals surface area contributed by atoms with Crippen molar-refractivity contribution in [3.05, 3.63) is 35.0 Å². The Hall–Kier alpha value is -3.07. The Kier molecular flexibility index (Phi) is 5.84. The van der Waals surface area contributed by atoms with E-state index in [1.54, 1.807) is 12.1 Å². The summed E-state index contributed by atoms with van der Waals surface area (Å²) in [5.41, 5.74) is 1.32. The topological polar surface area (TPSA) is 119 Å². The van der Waals surface area contributed by atoms with Crippen molar-refractivity contribution >= 4 is 29.2 Å². The van der Waals surface area contributed by atoms with Gasteiger partial charge in [-0.25, -0.2) is 9.59 Å². The maximum absolute atomic E-state index is 12.6. The summed E-state index contributed by atoms with van der Waals surface area (Å²) < 4.78 is 4.75. The molecule has 0 unspecified atom stereocenters. The maximum atomic E-state index is 12.6. The number of esters is 1. The molecule has 0 radical (unpaired) electrons. The minimum Gasteiger partial charge on any atom is -0.478 e. The van der Waals surface area contributed by atoms with Crippen molar-refractivity contribution in [1.29, 1.82) is 0 Å². The van der Waals surface area contributed by atoms with Crippen LogP contribution in [0.25, 0.3) is 0 Å². The number of carbonyl (C=O) groups is 3. The molecule has 0 aliphatic carbocycles. The first kappa shape index (κ1) is 19.7. The van der Waals surface area contributed by atoms with Gasteiger partial charge in [-0.15, -0.1) is 0 Å². The lowest BCUT2D eigenvalue weighted by Crippen LogP contribution is -2.31. The van der Waals surface area contributed by atoms with Gasteiger partial charge in [0.1, 0.15) is 5.70 Å². The number of ether oxygens (including phenoxy) is 1. The van der Waals surface area contributed by atoms with Crippen molar-refractivity contribution in [1.82, 2.24) is 4.90 Å². The van der Waals surface area contributed by atoms with Gasteiger partial charge >= 0.3 is 11.9 Å². The van der Waals surface area contributed by atoms with Gasteiger partial charge in [0.15, 0.2) is 0 Å². The maximum Gasteiger partial charge on any atom is 0.337 e. The summed E-state index contributed by atoms with van der Waals surface area (Å²) in [6, 6.07) is 4.85. The van der Waals surface area contributed by atoms with E-state index in [0.717, 1.165) is 25.9 Å². The highest BCUT2D eigenvalue weighted by atomic mass is 16.5. The number of carboxylic acids is 1. The number of benzene rings is 1. The molecule has 3 rings (SSSR count). The Balaban J connectivity index is 1.92. The average molecular weight is 389 g/mol. The van der Waals surface area contributed by atoms with Crippen LogP contribution in [-0.2, 0) is 14.3 Å². The molecule has 0 bridgehead atoms. The van der Waals surface area contributed by atoms with Gasteiger partial charge in [0.2, 0.25) is 0 Å². The minimum absolute atomic E-state index is 0.0199. The first-order chi connectivity index (χ1) is 13.5. The van der Waals surface area contributed by atoms with Crippen LogP contribution in [0, 0.1) is 0 Å². The zero-order chi connectivity index (χ0) is 20.3. The second-order valence-corrected chi connectivity index (χ2v) is 6.65. The lowest BCUT2D eigenvalue weighted by atomic mass is 10.1. The molecular weight excluding hydrogens is 366 g/mol. The highest BCUT2D eigenvalue weighted by molar-refractivity contribution is 6.08. The van der Waals surface area contributed by atoms with Crippen molar-refractivity contribution in [2.45, 2.75) is 12.8 Å². The van der Waals surface area contributed by atoms with Crippen LogP contribution in [0.3, 0.4) is 0 Å². The van der Waals surface area contributed by atoms with Gasteiger partial charge in [-0.1, -0.05) is 0 Å². The number of aliphatic hydroxyl groups is 1. The molecule has 1 saturated heterocycles. The molecule has 0 aromatic heterocycles. The number of nitrogens with one attached hydrogen (secondary N) is 1. The summed E-state index contributed by atoms with van der Waals surface area (Å²) in [6.45, 7) is 1.48. The Morgan fingerprint density at radius 3 is 2.57 bits per heavy atom. The lowest BCUT2D eigenvalue weighted by Gasteiger charge is -2.21. The number of carbonyl (C=O) groups excluding carboxylic acids is 2. The second kappa shape index (κ2) is 8.30. The third-order valence-corrected chi connectivity index (χ3v) is 4.90. The summed E-state index contributed by atoms with van der Waals surface area (Å²) >= 11 is 0. The van der Waals surface area contributed by atoms with Crippen LogP contribution in [0.2, 0.25) is 0 Å². The first-order valence-corrected chi connectivity index (χ1v) is 9.07. The van der Waals surface area contributed by atoms with Crippen molar-refractivity contribution in [2.24, 2.45) is 0 Å². The van der Waals surface area contributed by atoms with Gasteiger partial charge in [-0.05, 0) is 31.0 Å². The largest absolute Gasteiger partial charge is 0.478 e. The molecule has 0 saturated carbocycles. The molecule has 1 fully saturated rings. The minimum atomic E-state index is -1.06. The summed E-state index contributed by atoms with van der Waals surface area (Å²) in [5, 5.41) is 21.6. The molecular formula is C19H23N3O6. The molecule has 2 aliphatic heterocycles. The van der Waals surface area contributed by atoms with E-state index in [9.17, 15) is 19.5 Å². The fourth-order valence-corrected chi connectivity index (χ4v) is 3.51. The number of hydrogen-bond acceptors (Lipinski definition) is 7. The Morgan fingerprint density at radius 1 is 1.25 bits per heavy atom. The standard InChI is InChI=1S/C19H23N3O6/c1-28-19(27)14-11-22(8-9-23)17(24)16(14)20-12-4-5-15(13(10-12)18(25)26)21-6-2-3-7-21/h4-5,10,20,23H,2-3,6-9,11H2,1H3,(H,25,26). The van der Waals surface area contributed by atoms with Crippen LogP contribution in [0.15, 0.2) is 29.5 Å².